The van der Waals surface area contributed by atoms with Gasteiger partial charge in [0, 0.05) is 17.8 Å². The molecule has 0 radical (unpaired) electrons. The average molecular weight is 177 g/mol. The fraction of sp³-hybridized carbons (Fsp3) is 0.400. The first kappa shape index (κ1) is 8.38. The quantitative estimate of drug-likeness (QED) is 0.675. The highest BCUT2D eigenvalue weighted by Crippen LogP contribution is 2.32. The van der Waals surface area contributed by atoms with E-state index in [1.165, 1.54) is 0 Å². The van der Waals surface area contributed by atoms with Gasteiger partial charge in [-0.1, -0.05) is 6.07 Å². The second-order valence-corrected chi connectivity index (χ2v) is 3.32. The number of carbonyl (C=O) groups excluding carboxylic acids is 1. The number of hydrogen-bond acceptors (Lipinski definition) is 3. The molecule has 0 amide bonds. The van der Waals surface area contributed by atoms with Crippen LogP contribution in [0, 0.1) is 0 Å². The van der Waals surface area contributed by atoms with Crippen LogP contribution in [0.1, 0.15) is 23.6 Å². The Morgan fingerprint density at radius 3 is 3.31 bits per heavy atom. The number of pyridine rings is 1. The summed E-state index contributed by atoms with van der Waals surface area (Å²) >= 11 is 0. The molecule has 68 valence electrons. The minimum Gasteiger partial charge on any atom is -0.385 e. The number of aliphatic hydroxyl groups excluding tert-OH is 1. The van der Waals surface area contributed by atoms with Crippen molar-refractivity contribution in [1.29, 1.82) is 0 Å². The number of hydrogen-bond donors (Lipinski definition) is 1. The van der Waals surface area contributed by atoms with Gasteiger partial charge in [0.25, 0.3) is 0 Å². The Morgan fingerprint density at radius 1 is 1.69 bits per heavy atom. The van der Waals surface area contributed by atoms with Crippen molar-refractivity contribution in [2.45, 2.75) is 24.9 Å². The molecule has 0 saturated heterocycles. The summed E-state index contributed by atoms with van der Waals surface area (Å²) in [6, 6.07) is 3.88. The van der Waals surface area contributed by atoms with E-state index >= 15 is 0 Å². The van der Waals surface area contributed by atoms with E-state index in [9.17, 15) is 9.90 Å². The van der Waals surface area contributed by atoms with Gasteiger partial charge in [-0.15, -0.1) is 0 Å². The molecule has 0 saturated carbocycles. The highest BCUT2D eigenvalue weighted by molar-refractivity contribution is 5.58. The lowest BCUT2D eigenvalue weighted by molar-refractivity contribution is -0.115. The molecule has 0 aliphatic heterocycles. The molecule has 1 aromatic rings. The van der Waals surface area contributed by atoms with Gasteiger partial charge in [-0.2, -0.15) is 0 Å². The van der Waals surface area contributed by atoms with Gasteiger partial charge in [0.05, 0.1) is 0 Å². The van der Waals surface area contributed by atoms with Crippen LogP contribution < -0.4 is 0 Å². The molecule has 0 bridgehead atoms. The highest BCUT2D eigenvalue weighted by atomic mass is 16.3. The fourth-order valence-corrected chi connectivity index (χ4v) is 1.87. The minimum atomic E-state index is -0.892. The third-order valence-electron chi connectivity index (χ3n) is 2.55. The van der Waals surface area contributed by atoms with Gasteiger partial charge in [0.1, 0.15) is 12.4 Å². The molecular formula is C10H11NO2. The van der Waals surface area contributed by atoms with E-state index in [2.05, 4.69) is 4.98 Å². The van der Waals surface area contributed by atoms with Crippen LogP contribution >= 0.6 is 0 Å². The second kappa shape index (κ2) is 3.26. The van der Waals surface area contributed by atoms with Gasteiger partial charge in [0.2, 0.25) is 0 Å². The Balaban J connectivity index is 2.33. The van der Waals surface area contributed by atoms with Crippen LogP contribution in [0.25, 0.3) is 0 Å². The van der Waals surface area contributed by atoms with Gasteiger partial charge in [0.15, 0.2) is 0 Å². The normalized spacial score (nSPS) is 22.4. The maximum atomic E-state index is 10.4. The molecule has 0 aromatic carbocycles. The van der Waals surface area contributed by atoms with Crippen molar-refractivity contribution >= 4 is 6.29 Å². The molecule has 1 aliphatic carbocycles. The molecule has 3 nitrogen and oxygen atoms in total. The van der Waals surface area contributed by atoms with Crippen molar-refractivity contribution in [3.8, 4) is 0 Å². The van der Waals surface area contributed by atoms with Crippen molar-refractivity contribution < 1.29 is 9.90 Å². The number of nitrogens with zero attached hydrogens (tertiary/aromatic N) is 1. The number of aryl methyl sites for hydroxylation is 1. The Kier molecular flexibility index (Phi) is 2.10. The summed E-state index contributed by atoms with van der Waals surface area (Å²) in [6.07, 6.45) is 3.14. The number of aromatic nitrogens is 1. The monoisotopic (exact) mass is 177 g/mol. The lowest BCUT2D eigenvalue weighted by Gasteiger charge is -2.11. The van der Waals surface area contributed by atoms with E-state index in [1.54, 1.807) is 6.20 Å². The summed E-state index contributed by atoms with van der Waals surface area (Å²) in [5.41, 5.74) is 2.05. The molecule has 2 atom stereocenters. The molecular weight excluding hydrogens is 166 g/mol. The molecule has 3 heteroatoms. The Bertz CT molecular complexity index is 324. The maximum absolute atomic E-state index is 10.4. The Hall–Kier alpha value is -1.22. The highest BCUT2D eigenvalue weighted by Gasteiger charge is 2.29. The minimum absolute atomic E-state index is 0.0892. The summed E-state index contributed by atoms with van der Waals surface area (Å²) in [5, 5.41) is 9.40. The molecule has 13 heavy (non-hydrogen) atoms. The van der Waals surface area contributed by atoms with Crippen molar-refractivity contribution in [3.05, 3.63) is 29.6 Å². The maximum Gasteiger partial charge on any atom is 0.149 e. The van der Waals surface area contributed by atoms with E-state index in [1.807, 2.05) is 12.1 Å². The summed E-state index contributed by atoms with van der Waals surface area (Å²) in [6.45, 7) is 0. The molecule has 0 fully saturated rings. The van der Waals surface area contributed by atoms with Crippen LogP contribution in [-0.4, -0.2) is 22.5 Å². The second-order valence-electron chi connectivity index (χ2n) is 3.32. The average Bonchev–Trinajstić information content (AvgIpc) is 2.60. The third kappa shape index (κ3) is 1.35. The van der Waals surface area contributed by atoms with Crippen molar-refractivity contribution in [3.63, 3.8) is 0 Å². The van der Waals surface area contributed by atoms with Crippen LogP contribution in [0.3, 0.4) is 0 Å². The molecule has 1 N–H and O–H groups in total. The molecule has 2 unspecified atom stereocenters. The van der Waals surface area contributed by atoms with E-state index in [0.29, 0.717) is 6.29 Å². The molecule has 1 aromatic heterocycles. The van der Waals surface area contributed by atoms with Gasteiger partial charge in [-0.05, 0) is 24.5 Å². The van der Waals surface area contributed by atoms with Gasteiger partial charge in [-0.25, -0.2) is 0 Å². The third-order valence-corrected chi connectivity index (χ3v) is 2.55. The standard InChI is InChI=1S/C10H11NO2/c12-6-9(13)8-4-3-7-2-1-5-11-10(7)8/h1-2,5-6,8-9,13H,3-4H2. The lowest BCUT2D eigenvalue weighted by Crippen LogP contribution is -2.18. The zero-order valence-electron chi connectivity index (χ0n) is 7.18. The summed E-state index contributed by atoms with van der Waals surface area (Å²) < 4.78 is 0. The molecule has 1 heterocycles. The van der Waals surface area contributed by atoms with Gasteiger partial charge < -0.3 is 9.90 Å². The molecule has 2 rings (SSSR count). The Morgan fingerprint density at radius 2 is 2.54 bits per heavy atom. The van der Waals surface area contributed by atoms with E-state index in [-0.39, 0.29) is 5.92 Å². The van der Waals surface area contributed by atoms with Crippen molar-refractivity contribution in [1.82, 2.24) is 4.98 Å². The number of aldehydes is 1. The predicted molar refractivity (Wildman–Crippen MR) is 47.4 cm³/mol. The zero-order chi connectivity index (χ0) is 9.26. The smallest absolute Gasteiger partial charge is 0.149 e. The number of aliphatic hydroxyl groups is 1. The van der Waals surface area contributed by atoms with E-state index in [4.69, 9.17) is 0 Å². The fourth-order valence-electron chi connectivity index (χ4n) is 1.87. The van der Waals surface area contributed by atoms with Crippen LogP contribution in [0.2, 0.25) is 0 Å². The summed E-state index contributed by atoms with van der Waals surface area (Å²) in [5.74, 6) is -0.0892. The summed E-state index contributed by atoms with van der Waals surface area (Å²) in [7, 11) is 0. The molecule has 1 aliphatic rings. The van der Waals surface area contributed by atoms with Gasteiger partial charge in [-0.3, -0.25) is 4.98 Å². The number of rotatable bonds is 2. The zero-order valence-corrected chi connectivity index (χ0v) is 7.18. The first-order valence-electron chi connectivity index (χ1n) is 4.40. The van der Waals surface area contributed by atoms with Crippen molar-refractivity contribution in [2.24, 2.45) is 0 Å². The lowest BCUT2D eigenvalue weighted by atomic mass is 10.0. The van der Waals surface area contributed by atoms with E-state index < -0.39 is 6.10 Å². The van der Waals surface area contributed by atoms with E-state index in [0.717, 1.165) is 24.1 Å². The van der Waals surface area contributed by atoms with Crippen LogP contribution in [0.15, 0.2) is 18.3 Å². The first-order valence-corrected chi connectivity index (χ1v) is 4.40. The number of fused-ring (bicyclic) bond motifs is 1. The SMILES string of the molecule is O=CC(O)C1CCc2cccnc21. The van der Waals surface area contributed by atoms with Gasteiger partial charge >= 0.3 is 0 Å². The predicted octanol–water partition coefficient (Wildman–Crippen LogP) is 0.671. The van der Waals surface area contributed by atoms with Crippen molar-refractivity contribution in [2.75, 3.05) is 0 Å². The Labute approximate surface area is 76.4 Å². The topological polar surface area (TPSA) is 50.2 Å². The first-order chi connectivity index (χ1) is 6.33. The number of carbonyl (C=O) groups is 1. The van der Waals surface area contributed by atoms with Crippen LogP contribution in [-0.2, 0) is 11.2 Å². The van der Waals surface area contributed by atoms with Crippen LogP contribution in [0.5, 0.6) is 0 Å². The summed E-state index contributed by atoms with van der Waals surface area (Å²) in [4.78, 5) is 14.6. The molecule has 0 spiro atoms. The largest absolute Gasteiger partial charge is 0.385 e. The van der Waals surface area contributed by atoms with Crippen LogP contribution in [0.4, 0.5) is 0 Å².